The molecule has 1 aliphatic heterocycles. The van der Waals surface area contributed by atoms with Gasteiger partial charge in [0.25, 0.3) is 0 Å². The Kier molecular flexibility index (Phi) is 10.5. The Bertz CT molecular complexity index is 369. The van der Waals surface area contributed by atoms with Crippen molar-refractivity contribution in [3.63, 3.8) is 0 Å². The second-order valence-corrected chi connectivity index (χ2v) is 7.25. The van der Waals surface area contributed by atoms with Crippen molar-refractivity contribution in [2.24, 2.45) is 16.3 Å². The summed E-state index contributed by atoms with van der Waals surface area (Å²) in [5, 5.41) is 6.81. The quantitative estimate of drug-likeness (QED) is 0.320. The SMILES string of the molecule is CCNC(=NCC1(C)COC1)NCCC(OCC)C1CCCC1.I. The molecule has 2 aliphatic rings. The first kappa shape index (κ1) is 22.0. The van der Waals surface area contributed by atoms with E-state index in [2.05, 4.69) is 31.4 Å². The summed E-state index contributed by atoms with van der Waals surface area (Å²) in [7, 11) is 0. The number of hydrogen-bond acceptors (Lipinski definition) is 3. The minimum atomic E-state index is 0. The molecule has 1 atom stereocenters. The minimum Gasteiger partial charge on any atom is -0.380 e. The molecule has 1 saturated carbocycles. The van der Waals surface area contributed by atoms with Gasteiger partial charge < -0.3 is 20.1 Å². The summed E-state index contributed by atoms with van der Waals surface area (Å²) in [6.07, 6.45) is 6.85. The summed E-state index contributed by atoms with van der Waals surface area (Å²) >= 11 is 0. The lowest BCUT2D eigenvalue weighted by Crippen LogP contribution is -2.44. The lowest BCUT2D eigenvalue weighted by molar-refractivity contribution is -0.0945. The highest BCUT2D eigenvalue weighted by Gasteiger charge is 2.33. The Morgan fingerprint density at radius 1 is 1.25 bits per heavy atom. The second kappa shape index (κ2) is 11.5. The lowest BCUT2D eigenvalue weighted by Gasteiger charge is -2.36. The highest BCUT2D eigenvalue weighted by atomic mass is 127. The molecular weight excluding hydrogens is 417 g/mol. The summed E-state index contributed by atoms with van der Waals surface area (Å²) in [5.41, 5.74) is 0.222. The van der Waals surface area contributed by atoms with E-state index in [0.29, 0.717) is 6.10 Å². The van der Waals surface area contributed by atoms with E-state index in [-0.39, 0.29) is 29.4 Å². The maximum atomic E-state index is 5.99. The van der Waals surface area contributed by atoms with Gasteiger partial charge in [-0.25, -0.2) is 0 Å². The summed E-state index contributed by atoms with van der Waals surface area (Å²) in [5.74, 6) is 1.67. The number of aliphatic imine (C=N–C) groups is 1. The Hall–Kier alpha value is -0.0800. The molecule has 24 heavy (non-hydrogen) atoms. The zero-order valence-electron chi connectivity index (χ0n) is 15.6. The molecule has 0 aromatic carbocycles. The molecule has 2 rings (SSSR count). The summed E-state index contributed by atoms with van der Waals surface area (Å²) in [4.78, 5) is 4.72. The topological polar surface area (TPSA) is 54.9 Å². The molecule has 6 heteroatoms. The Labute approximate surface area is 164 Å². The predicted octanol–water partition coefficient (Wildman–Crippen LogP) is 3.18. The molecule has 0 aromatic heterocycles. The number of nitrogens with zero attached hydrogens (tertiary/aromatic N) is 1. The van der Waals surface area contributed by atoms with Crippen molar-refractivity contribution in [3.05, 3.63) is 0 Å². The fraction of sp³-hybridized carbons (Fsp3) is 0.944. The summed E-state index contributed by atoms with van der Waals surface area (Å²) in [6.45, 7) is 11.5. The molecule has 0 spiro atoms. The van der Waals surface area contributed by atoms with Gasteiger partial charge in [0.15, 0.2) is 5.96 Å². The van der Waals surface area contributed by atoms with Crippen LogP contribution in [0.2, 0.25) is 0 Å². The van der Waals surface area contributed by atoms with Crippen LogP contribution in [0.5, 0.6) is 0 Å². The van der Waals surface area contributed by atoms with Gasteiger partial charge in [-0.1, -0.05) is 19.8 Å². The average Bonchev–Trinajstić information content (AvgIpc) is 3.04. The van der Waals surface area contributed by atoms with Crippen LogP contribution in [0.15, 0.2) is 4.99 Å². The third kappa shape index (κ3) is 7.04. The van der Waals surface area contributed by atoms with Gasteiger partial charge in [-0.15, -0.1) is 24.0 Å². The maximum Gasteiger partial charge on any atom is 0.191 e. The maximum absolute atomic E-state index is 5.99. The molecule has 1 aliphatic carbocycles. The standard InChI is InChI=1S/C18H35N3O2.HI/c1-4-19-17(21-12-18(3)13-22-14-18)20-11-10-16(23-5-2)15-8-6-7-9-15;/h15-16H,4-14H2,1-3H3,(H2,19,20,21);1H. The molecule has 1 saturated heterocycles. The third-order valence-electron chi connectivity index (χ3n) is 4.89. The normalized spacial score (nSPS) is 21.7. The fourth-order valence-electron chi connectivity index (χ4n) is 3.48. The number of guanidine groups is 1. The fourth-order valence-corrected chi connectivity index (χ4v) is 3.48. The molecule has 5 nitrogen and oxygen atoms in total. The zero-order valence-corrected chi connectivity index (χ0v) is 17.9. The van der Waals surface area contributed by atoms with Crippen LogP contribution in [-0.2, 0) is 9.47 Å². The van der Waals surface area contributed by atoms with Crippen molar-refractivity contribution in [3.8, 4) is 0 Å². The number of halogens is 1. The van der Waals surface area contributed by atoms with Crippen molar-refractivity contribution >= 4 is 29.9 Å². The second-order valence-electron chi connectivity index (χ2n) is 7.25. The van der Waals surface area contributed by atoms with Gasteiger partial charge in [0.05, 0.1) is 25.9 Å². The molecular formula is C18H36IN3O2. The smallest absolute Gasteiger partial charge is 0.191 e. The van der Waals surface area contributed by atoms with Crippen LogP contribution in [0.4, 0.5) is 0 Å². The van der Waals surface area contributed by atoms with Crippen LogP contribution in [0.25, 0.3) is 0 Å². The molecule has 2 fully saturated rings. The van der Waals surface area contributed by atoms with Gasteiger partial charge in [-0.05, 0) is 39.0 Å². The van der Waals surface area contributed by atoms with Crippen molar-refractivity contribution < 1.29 is 9.47 Å². The number of ether oxygens (including phenoxy) is 2. The molecule has 0 amide bonds. The van der Waals surface area contributed by atoms with Crippen molar-refractivity contribution in [2.75, 3.05) is 39.5 Å². The minimum absolute atomic E-state index is 0. The van der Waals surface area contributed by atoms with Gasteiger partial charge in [0, 0.05) is 25.1 Å². The molecule has 1 unspecified atom stereocenters. The molecule has 0 bridgehead atoms. The van der Waals surface area contributed by atoms with E-state index >= 15 is 0 Å². The first-order valence-electron chi connectivity index (χ1n) is 9.38. The van der Waals surface area contributed by atoms with Crippen LogP contribution in [-0.4, -0.2) is 51.5 Å². The number of hydrogen-bond donors (Lipinski definition) is 2. The monoisotopic (exact) mass is 453 g/mol. The molecule has 1 heterocycles. The van der Waals surface area contributed by atoms with Gasteiger partial charge in [0.2, 0.25) is 0 Å². The summed E-state index contributed by atoms with van der Waals surface area (Å²) in [6, 6.07) is 0. The van der Waals surface area contributed by atoms with Gasteiger partial charge in [0.1, 0.15) is 0 Å². The van der Waals surface area contributed by atoms with Crippen LogP contribution in [0, 0.1) is 11.3 Å². The van der Waals surface area contributed by atoms with Crippen LogP contribution >= 0.6 is 24.0 Å². The van der Waals surface area contributed by atoms with Crippen LogP contribution < -0.4 is 10.6 Å². The van der Waals surface area contributed by atoms with Crippen molar-refractivity contribution in [1.82, 2.24) is 10.6 Å². The van der Waals surface area contributed by atoms with Crippen LogP contribution in [0.3, 0.4) is 0 Å². The zero-order chi connectivity index (χ0) is 16.5. The van der Waals surface area contributed by atoms with E-state index in [1.807, 2.05) is 0 Å². The van der Waals surface area contributed by atoms with E-state index in [1.54, 1.807) is 0 Å². The predicted molar refractivity (Wildman–Crippen MR) is 110 cm³/mol. The average molecular weight is 453 g/mol. The largest absolute Gasteiger partial charge is 0.380 e. The van der Waals surface area contributed by atoms with E-state index in [1.165, 1.54) is 25.7 Å². The first-order valence-corrected chi connectivity index (χ1v) is 9.38. The highest BCUT2D eigenvalue weighted by Crippen LogP contribution is 2.30. The molecule has 0 radical (unpaired) electrons. The van der Waals surface area contributed by atoms with E-state index < -0.39 is 0 Å². The highest BCUT2D eigenvalue weighted by molar-refractivity contribution is 14.0. The van der Waals surface area contributed by atoms with Crippen molar-refractivity contribution in [2.45, 2.75) is 59.0 Å². The molecule has 0 aromatic rings. The first-order chi connectivity index (χ1) is 11.2. The summed E-state index contributed by atoms with van der Waals surface area (Å²) < 4.78 is 11.3. The van der Waals surface area contributed by atoms with Gasteiger partial charge in [-0.3, -0.25) is 4.99 Å². The third-order valence-corrected chi connectivity index (χ3v) is 4.89. The Morgan fingerprint density at radius 3 is 2.50 bits per heavy atom. The molecule has 2 N–H and O–H groups in total. The van der Waals surface area contributed by atoms with Crippen molar-refractivity contribution in [1.29, 1.82) is 0 Å². The van der Waals surface area contributed by atoms with Gasteiger partial charge in [-0.2, -0.15) is 0 Å². The Balaban J connectivity index is 0.00000288. The lowest BCUT2D eigenvalue weighted by atomic mass is 9.89. The molecule has 142 valence electrons. The van der Waals surface area contributed by atoms with Gasteiger partial charge >= 0.3 is 0 Å². The van der Waals surface area contributed by atoms with E-state index in [4.69, 9.17) is 14.5 Å². The van der Waals surface area contributed by atoms with Crippen LogP contribution in [0.1, 0.15) is 52.9 Å². The Morgan fingerprint density at radius 2 is 1.96 bits per heavy atom. The number of rotatable bonds is 9. The number of nitrogens with one attached hydrogen (secondary N) is 2. The van der Waals surface area contributed by atoms with E-state index in [0.717, 1.165) is 57.8 Å². The van der Waals surface area contributed by atoms with E-state index in [9.17, 15) is 0 Å².